The van der Waals surface area contributed by atoms with E-state index in [9.17, 15) is 0 Å². The Morgan fingerprint density at radius 2 is 1.40 bits per heavy atom. The quantitative estimate of drug-likeness (QED) is 0.218. The van der Waals surface area contributed by atoms with E-state index in [1.807, 2.05) is 12.1 Å². The summed E-state index contributed by atoms with van der Waals surface area (Å²) < 4.78 is 15.5. The summed E-state index contributed by atoms with van der Waals surface area (Å²) in [5.41, 5.74) is 11.5. The first-order valence-corrected chi connectivity index (χ1v) is 13.7. The second kappa shape index (κ2) is 7.25. The Kier molecular flexibility index (Phi) is 3.75. The molecule has 0 bridgehead atoms. The van der Waals surface area contributed by atoms with Gasteiger partial charge in [-0.3, -0.25) is 0 Å². The second-order valence-electron chi connectivity index (χ2n) is 10.9. The van der Waals surface area contributed by atoms with Crippen molar-refractivity contribution < 1.29 is 9.15 Å². The molecule has 2 aliphatic rings. The molecular formula is C36H20BNO2. The van der Waals surface area contributed by atoms with Crippen molar-refractivity contribution in [1.29, 1.82) is 0 Å². The van der Waals surface area contributed by atoms with Crippen molar-refractivity contribution in [3.63, 3.8) is 0 Å². The highest BCUT2D eigenvalue weighted by Gasteiger charge is 2.40. The van der Waals surface area contributed by atoms with E-state index in [-0.39, 0.29) is 6.71 Å². The fraction of sp³-hybridized carbons (Fsp3) is 0. The van der Waals surface area contributed by atoms with Crippen LogP contribution in [0.25, 0.3) is 60.6 Å². The molecule has 4 heteroatoms. The van der Waals surface area contributed by atoms with Gasteiger partial charge in [-0.25, -0.2) is 0 Å². The standard InChI is InChI=1S/C36H20BNO2/c1-4-13-29-23(8-1)25-17-19-32-34-35(25)38(29)30-14-5-3-12-27(30)37(34)28-18-16-21(20-33(28)39-32)22-10-7-11-26-24-9-2-6-15-31(24)40-36(22)26/h1-20H. The minimum Gasteiger partial charge on any atom is -0.458 e. The molecule has 0 N–H and O–H groups in total. The molecule has 0 amide bonds. The number of hydrogen-bond donors (Lipinski definition) is 0. The van der Waals surface area contributed by atoms with E-state index >= 15 is 0 Å². The van der Waals surface area contributed by atoms with E-state index in [4.69, 9.17) is 9.15 Å². The summed E-state index contributed by atoms with van der Waals surface area (Å²) in [4.78, 5) is 0. The van der Waals surface area contributed by atoms with Gasteiger partial charge in [0.25, 0.3) is 6.71 Å². The zero-order valence-electron chi connectivity index (χ0n) is 21.4. The molecule has 4 heterocycles. The van der Waals surface area contributed by atoms with Gasteiger partial charge in [0.15, 0.2) is 0 Å². The predicted molar refractivity (Wildman–Crippen MR) is 165 cm³/mol. The van der Waals surface area contributed by atoms with Crippen molar-refractivity contribution in [2.75, 3.05) is 0 Å². The molecule has 10 rings (SSSR count). The van der Waals surface area contributed by atoms with Gasteiger partial charge in [0.1, 0.15) is 22.7 Å². The summed E-state index contributed by atoms with van der Waals surface area (Å²) in [5, 5.41) is 4.82. The molecule has 0 radical (unpaired) electrons. The molecule has 3 nitrogen and oxygen atoms in total. The number of hydrogen-bond acceptors (Lipinski definition) is 2. The third-order valence-corrected chi connectivity index (χ3v) is 8.87. The first kappa shape index (κ1) is 20.7. The Labute approximate surface area is 229 Å². The van der Waals surface area contributed by atoms with Crippen molar-refractivity contribution >= 4 is 66.8 Å². The van der Waals surface area contributed by atoms with Gasteiger partial charge in [-0.05, 0) is 58.4 Å². The third kappa shape index (κ3) is 2.47. The largest absolute Gasteiger partial charge is 0.458 e. The molecular weight excluding hydrogens is 489 g/mol. The Hall–Kier alpha value is -5.22. The minimum absolute atomic E-state index is 0.103. The SMILES string of the molecule is c1ccc2c(c1)B1c3ccc(-c4cccc5c4oc4ccccc45)cc3Oc3ccc4c5ccccc5n-2c4c31. The van der Waals surface area contributed by atoms with Crippen LogP contribution in [0.2, 0.25) is 0 Å². The van der Waals surface area contributed by atoms with Crippen LogP contribution in [0.5, 0.6) is 11.5 Å². The van der Waals surface area contributed by atoms with Crippen molar-refractivity contribution in [3.05, 3.63) is 121 Å². The molecule has 0 atom stereocenters. The van der Waals surface area contributed by atoms with Crippen LogP contribution in [-0.4, -0.2) is 11.3 Å². The maximum atomic E-state index is 6.75. The van der Waals surface area contributed by atoms with Gasteiger partial charge >= 0.3 is 0 Å². The van der Waals surface area contributed by atoms with Crippen LogP contribution in [0, 0.1) is 0 Å². The number of para-hydroxylation sites is 4. The maximum absolute atomic E-state index is 6.75. The van der Waals surface area contributed by atoms with Gasteiger partial charge in [-0.1, -0.05) is 84.9 Å². The highest BCUT2D eigenvalue weighted by Crippen LogP contribution is 2.40. The molecule has 6 aromatic carbocycles. The first-order valence-electron chi connectivity index (χ1n) is 13.7. The lowest BCUT2D eigenvalue weighted by atomic mass is 9.34. The lowest BCUT2D eigenvalue weighted by molar-refractivity contribution is 0.488. The summed E-state index contributed by atoms with van der Waals surface area (Å²) in [6.07, 6.45) is 0. The number of furan rings is 1. The van der Waals surface area contributed by atoms with Crippen molar-refractivity contribution in [3.8, 4) is 28.3 Å². The molecule has 0 aliphatic carbocycles. The van der Waals surface area contributed by atoms with Crippen LogP contribution >= 0.6 is 0 Å². The van der Waals surface area contributed by atoms with Crippen LogP contribution < -0.4 is 21.1 Å². The van der Waals surface area contributed by atoms with E-state index in [2.05, 4.69) is 114 Å². The smallest absolute Gasteiger partial charge is 0.256 e. The number of nitrogens with zero attached hydrogens (tertiary/aromatic N) is 1. The normalized spacial score (nSPS) is 13.2. The fourth-order valence-electron chi connectivity index (χ4n) is 7.22. The lowest BCUT2D eigenvalue weighted by Crippen LogP contribution is -2.58. The zero-order valence-corrected chi connectivity index (χ0v) is 21.4. The molecule has 0 saturated carbocycles. The second-order valence-corrected chi connectivity index (χ2v) is 10.9. The van der Waals surface area contributed by atoms with E-state index in [1.54, 1.807) is 0 Å². The summed E-state index contributed by atoms with van der Waals surface area (Å²) in [6.45, 7) is 0.103. The molecule has 2 aromatic heterocycles. The van der Waals surface area contributed by atoms with Gasteiger partial charge < -0.3 is 13.7 Å². The molecule has 40 heavy (non-hydrogen) atoms. The summed E-state index contributed by atoms with van der Waals surface area (Å²) in [5.74, 6) is 1.84. The van der Waals surface area contributed by atoms with Crippen LogP contribution in [0.3, 0.4) is 0 Å². The topological polar surface area (TPSA) is 27.3 Å². The Morgan fingerprint density at radius 3 is 2.38 bits per heavy atom. The average molecular weight is 509 g/mol. The van der Waals surface area contributed by atoms with E-state index in [0.29, 0.717) is 0 Å². The summed E-state index contributed by atoms with van der Waals surface area (Å²) in [7, 11) is 0. The Balaban J connectivity index is 1.24. The van der Waals surface area contributed by atoms with Gasteiger partial charge in [0, 0.05) is 32.8 Å². The van der Waals surface area contributed by atoms with E-state index in [0.717, 1.165) is 44.6 Å². The number of benzene rings is 6. The highest BCUT2D eigenvalue weighted by atomic mass is 16.5. The van der Waals surface area contributed by atoms with Gasteiger partial charge in [-0.15, -0.1) is 0 Å². The van der Waals surface area contributed by atoms with Crippen molar-refractivity contribution in [1.82, 2.24) is 4.57 Å². The maximum Gasteiger partial charge on any atom is 0.256 e. The summed E-state index contributed by atoms with van der Waals surface area (Å²) in [6, 6.07) is 43.2. The molecule has 184 valence electrons. The van der Waals surface area contributed by atoms with Gasteiger partial charge in [-0.2, -0.15) is 0 Å². The molecule has 8 aromatic rings. The van der Waals surface area contributed by atoms with Crippen LogP contribution in [0.1, 0.15) is 0 Å². The molecule has 0 fully saturated rings. The van der Waals surface area contributed by atoms with E-state index < -0.39 is 0 Å². The zero-order chi connectivity index (χ0) is 25.9. The Morgan fingerprint density at radius 1 is 0.575 bits per heavy atom. The number of fused-ring (bicyclic) bond motifs is 11. The number of aromatic nitrogens is 1. The van der Waals surface area contributed by atoms with Crippen LogP contribution in [-0.2, 0) is 0 Å². The fourth-order valence-corrected chi connectivity index (χ4v) is 7.22. The minimum atomic E-state index is 0.103. The number of rotatable bonds is 1. The predicted octanol–water partition coefficient (Wildman–Crippen LogP) is 7.29. The molecule has 2 aliphatic heterocycles. The van der Waals surface area contributed by atoms with Crippen LogP contribution in [0.15, 0.2) is 126 Å². The van der Waals surface area contributed by atoms with E-state index in [1.165, 1.54) is 43.9 Å². The summed E-state index contributed by atoms with van der Waals surface area (Å²) >= 11 is 0. The molecule has 0 saturated heterocycles. The van der Waals surface area contributed by atoms with Gasteiger partial charge in [0.2, 0.25) is 0 Å². The van der Waals surface area contributed by atoms with Crippen LogP contribution in [0.4, 0.5) is 0 Å². The monoisotopic (exact) mass is 509 g/mol. The third-order valence-electron chi connectivity index (χ3n) is 8.87. The van der Waals surface area contributed by atoms with Crippen molar-refractivity contribution in [2.45, 2.75) is 0 Å². The highest BCUT2D eigenvalue weighted by molar-refractivity contribution is 6.99. The Bertz CT molecular complexity index is 2380. The molecule has 0 unspecified atom stereocenters. The average Bonchev–Trinajstić information content (AvgIpc) is 3.56. The first-order chi connectivity index (χ1) is 19.8. The van der Waals surface area contributed by atoms with Gasteiger partial charge in [0.05, 0.1) is 11.0 Å². The lowest BCUT2D eigenvalue weighted by Gasteiger charge is -2.33. The van der Waals surface area contributed by atoms with Crippen molar-refractivity contribution in [2.24, 2.45) is 0 Å². The number of ether oxygens (including phenoxy) is 1. The molecule has 0 spiro atoms.